The van der Waals surface area contributed by atoms with E-state index in [0.717, 1.165) is 22.4 Å². The summed E-state index contributed by atoms with van der Waals surface area (Å²) in [7, 11) is 0. The van der Waals surface area contributed by atoms with Gasteiger partial charge in [0.2, 0.25) is 0 Å². The van der Waals surface area contributed by atoms with Crippen molar-refractivity contribution in [1.82, 2.24) is 0 Å². The summed E-state index contributed by atoms with van der Waals surface area (Å²) in [6.45, 7) is 0. The van der Waals surface area contributed by atoms with E-state index in [1.807, 2.05) is 24.3 Å². The van der Waals surface area contributed by atoms with Crippen LogP contribution in [0.5, 0.6) is 0 Å². The van der Waals surface area contributed by atoms with Gasteiger partial charge in [0.15, 0.2) is 0 Å². The summed E-state index contributed by atoms with van der Waals surface area (Å²) in [6.07, 6.45) is 4.98. The van der Waals surface area contributed by atoms with E-state index in [9.17, 15) is 5.11 Å². The van der Waals surface area contributed by atoms with Crippen molar-refractivity contribution in [2.24, 2.45) is 17.8 Å². The maximum Gasteiger partial charge on any atom is 0.0820 e. The molecule has 1 nitrogen and oxygen atoms in total. The number of aliphatic hydroxyl groups excluding tert-OH is 1. The van der Waals surface area contributed by atoms with Crippen molar-refractivity contribution in [3.8, 4) is 0 Å². The van der Waals surface area contributed by atoms with Crippen molar-refractivity contribution in [2.75, 3.05) is 0 Å². The summed E-state index contributed by atoms with van der Waals surface area (Å²) >= 11 is 5.86. The number of fused-ring (bicyclic) bond motifs is 2. The Morgan fingerprint density at radius 3 is 2.44 bits per heavy atom. The minimum Gasteiger partial charge on any atom is -0.388 e. The van der Waals surface area contributed by atoms with Gasteiger partial charge < -0.3 is 5.11 Å². The summed E-state index contributed by atoms with van der Waals surface area (Å²) in [5.41, 5.74) is 1.03. The summed E-state index contributed by atoms with van der Waals surface area (Å²) in [6, 6.07) is 7.65. The zero-order valence-corrected chi connectivity index (χ0v) is 10.0. The molecular formula is C14H17ClO. The topological polar surface area (TPSA) is 20.2 Å². The van der Waals surface area contributed by atoms with E-state index >= 15 is 0 Å². The van der Waals surface area contributed by atoms with Gasteiger partial charge >= 0.3 is 0 Å². The van der Waals surface area contributed by atoms with Crippen molar-refractivity contribution in [3.63, 3.8) is 0 Å². The van der Waals surface area contributed by atoms with E-state index in [1.165, 1.54) is 25.7 Å². The summed E-state index contributed by atoms with van der Waals surface area (Å²) in [4.78, 5) is 0. The molecule has 1 N–H and O–H groups in total. The molecule has 0 amide bonds. The van der Waals surface area contributed by atoms with Crippen LogP contribution in [0.25, 0.3) is 0 Å². The van der Waals surface area contributed by atoms with Gasteiger partial charge in [0.1, 0.15) is 0 Å². The van der Waals surface area contributed by atoms with Crippen molar-refractivity contribution >= 4 is 11.6 Å². The van der Waals surface area contributed by atoms with Gasteiger partial charge in [-0.05, 0) is 54.7 Å². The first kappa shape index (κ1) is 10.6. The summed E-state index contributed by atoms with van der Waals surface area (Å²) < 4.78 is 0. The smallest absolute Gasteiger partial charge is 0.0820 e. The lowest BCUT2D eigenvalue weighted by molar-refractivity contribution is 0.0745. The fourth-order valence-corrected chi connectivity index (χ4v) is 3.71. The van der Waals surface area contributed by atoms with E-state index in [4.69, 9.17) is 11.6 Å². The molecule has 86 valence electrons. The van der Waals surface area contributed by atoms with Crippen molar-refractivity contribution < 1.29 is 5.11 Å². The van der Waals surface area contributed by atoms with E-state index in [0.29, 0.717) is 5.92 Å². The van der Waals surface area contributed by atoms with Crippen LogP contribution in [-0.2, 0) is 0 Å². The average molecular weight is 237 g/mol. The predicted molar refractivity (Wildman–Crippen MR) is 65.3 cm³/mol. The van der Waals surface area contributed by atoms with Gasteiger partial charge in [0, 0.05) is 5.02 Å². The second-order valence-corrected chi connectivity index (χ2v) is 5.77. The van der Waals surface area contributed by atoms with Crippen molar-refractivity contribution in [2.45, 2.75) is 31.8 Å². The van der Waals surface area contributed by atoms with Crippen molar-refractivity contribution in [1.29, 1.82) is 0 Å². The molecule has 16 heavy (non-hydrogen) atoms. The molecule has 2 fully saturated rings. The van der Waals surface area contributed by atoms with Crippen molar-refractivity contribution in [3.05, 3.63) is 34.9 Å². The van der Waals surface area contributed by atoms with Gasteiger partial charge in [-0.2, -0.15) is 0 Å². The zero-order valence-electron chi connectivity index (χ0n) is 9.27. The van der Waals surface area contributed by atoms with Crippen LogP contribution in [0.1, 0.15) is 37.4 Å². The standard InChI is InChI=1S/C14H17ClO/c15-12-5-3-10(4-6-12)14(16)13-8-9-1-2-11(13)7-9/h3-6,9,11,13-14,16H,1-2,7-8H2. The molecule has 1 aromatic carbocycles. The minimum absolute atomic E-state index is 0.285. The number of hydrogen-bond donors (Lipinski definition) is 1. The zero-order chi connectivity index (χ0) is 11.1. The molecule has 0 saturated heterocycles. The molecule has 2 bridgehead atoms. The highest BCUT2D eigenvalue weighted by atomic mass is 35.5. The number of rotatable bonds is 2. The van der Waals surface area contributed by atoms with Crippen LogP contribution in [0, 0.1) is 17.8 Å². The van der Waals surface area contributed by atoms with Crippen LogP contribution in [0.3, 0.4) is 0 Å². The molecule has 2 heteroatoms. The van der Waals surface area contributed by atoms with Gasteiger partial charge in [-0.1, -0.05) is 30.2 Å². The molecule has 2 saturated carbocycles. The molecule has 2 aliphatic carbocycles. The molecule has 0 aliphatic heterocycles. The van der Waals surface area contributed by atoms with Crippen LogP contribution in [0.15, 0.2) is 24.3 Å². The minimum atomic E-state index is -0.285. The van der Waals surface area contributed by atoms with E-state index in [2.05, 4.69) is 0 Å². The second kappa shape index (κ2) is 4.05. The molecule has 3 rings (SSSR count). The highest BCUT2D eigenvalue weighted by Crippen LogP contribution is 2.52. The molecule has 4 unspecified atom stereocenters. The fraction of sp³-hybridized carbons (Fsp3) is 0.571. The Bertz CT molecular complexity index is 373. The molecule has 1 aromatic rings. The quantitative estimate of drug-likeness (QED) is 0.828. The Hall–Kier alpha value is -0.530. The van der Waals surface area contributed by atoms with Gasteiger partial charge in [0.25, 0.3) is 0 Å². The lowest BCUT2D eigenvalue weighted by atomic mass is 9.82. The van der Waals surface area contributed by atoms with Crippen LogP contribution in [-0.4, -0.2) is 5.11 Å². The molecule has 0 heterocycles. The largest absolute Gasteiger partial charge is 0.388 e. The first-order valence-corrected chi connectivity index (χ1v) is 6.55. The normalized spacial score (nSPS) is 34.2. The molecule has 0 aromatic heterocycles. The highest BCUT2D eigenvalue weighted by Gasteiger charge is 2.42. The molecule has 0 spiro atoms. The lowest BCUT2D eigenvalue weighted by Crippen LogP contribution is -2.19. The summed E-state index contributed by atoms with van der Waals surface area (Å²) in [5, 5.41) is 11.1. The fourth-order valence-electron chi connectivity index (χ4n) is 3.59. The first-order chi connectivity index (χ1) is 7.74. The maximum atomic E-state index is 10.4. The second-order valence-electron chi connectivity index (χ2n) is 5.34. The Balaban J connectivity index is 1.77. The summed E-state index contributed by atoms with van der Waals surface area (Å²) in [5.74, 6) is 2.13. The van der Waals surface area contributed by atoms with Crippen LogP contribution < -0.4 is 0 Å². The number of hydrogen-bond acceptors (Lipinski definition) is 1. The van der Waals surface area contributed by atoms with Crippen LogP contribution in [0.4, 0.5) is 0 Å². The van der Waals surface area contributed by atoms with Crippen LogP contribution in [0.2, 0.25) is 5.02 Å². The molecule has 0 radical (unpaired) electrons. The van der Waals surface area contributed by atoms with Gasteiger partial charge in [-0.15, -0.1) is 0 Å². The molecule has 4 atom stereocenters. The van der Waals surface area contributed by atoms with E-state index < -0.39 is 0 Å². The number of benzene rings is 1. The molecule has 2 aliphatic rings. The van der Waals surface area contributed by atoms with Gasteiger partial charge in [-0.3, -0.25) is 0 Å². The third kappa shape index (κ3) is 1.76. The monoisotopic (exact) mass is 236 g/mol. The average Bonchev–Trinajstić information content (AvgIpc) is 2.91. The third-order valence-electron chi connectivity index (χ3n) is 4.41. The lowest BCUT2D eigenvalue weighted by Gasteiger charge is -2.27. The predicted octanol–water partition coefficient (Wildman–Crippen LogP) is 3.81. The SMILES string of the molecule is OC(c1ccc(Cl)cc1)C1CC2CCC1C2. The van der Waals surface area contributed by atoms with Gasteiger partial charge in [0.05, 0.1) is 6.10 Å². The number of aliphatic hydroxyl groups is 1. The van der Waals surface area contributed by atoms with E-state index in [-0.39, 0.29) is 6.10 Å². The molecular weight excluding hydrogens is 220 g/mol. The Morgan fingerprint density at radius 1 is 1.12 bits per heavy atom. The van der Waals surface area contributed by atoms with E-state index in [1.54, 1.807) is 0 Å². The highest BCUT2D eigenvalue weighted by molar-refractivity contribution is 6.30. The Kier molecular flexibility index (Phi) is 2.68. The Labute approximate surface area is 101 Å². The maximum absolute atomic E-state index is 10.4. The van der Waals surface area contributed by atoms with Crippen LogP contribution >= 0.6 is 11.6 Å². The number of halogens is 1. The van der Waals surface area contributed by atoms with Gasteiger partial charge in [-0.25, -0.2) is 0 Å². The third-order valence-corrected chi connectivity index (χ3v) is 4.66. The Morgan fingerprint density at radius 2 is 1.88 bits per heavy atom. The first-order valence-electron chi connectivity index (χ1n) is 6.17.